The van der Waals surface area contributed by atoms with Crippen molar-refractivity contribution in [1.82, 2.24) is 4.57 Å². The zero-order valence-corrected chi connectivity index (χ0v) is 13.9. The molecule has 0 amide bonds. The van der Waals surface area contributed by atoms with Gasteiger partial charge in [-0.2, -0.15) is 0 Å². The van der Waals surface area contributed by atoms with E-state index in [2.05, 4.69) is 32.3 Å². The number of carboxylic acids is 1. The van der Waals surface area contributed by atoms with Crippen LogP contribution in [0.5, 0.6) is 0 Å². The van der Waals surface area contributed by atoms with Crippen LogP contribution in [-0.4, -0.2) is 22.2 Å². The lowest BCUT2D eigenvalue weighted by atomic mass is 9.96. The average molecular weight is 302 g/mol. The molecule has 0 spiro atoms. The van der Waals surface area contributed by atoms with Crippen LogP contribution in [0, 0.1) is 6.92 Å². The van der Waals surface area contributed by atoms with Gasteiger partial charge in [-0.15, -0.1) is 0 Å². The molecule has 0 saturated heterocycles. The van der Waals surface area contributed by atoms with Crippen LogP contribution in [0.15, 0.2) is 12.1 Å². The van der Waals surface area contributed by atoms with Gasteiger partial charge in [0.2, 0.25) is 0 Å². The fourth-order valence-electron chi connectivity index (χ4n) is 3.25. The molecule has 0 aliphatic heterocycles. The molecule has 0 unspecified atom stereocenters. The van der Waals surface area contributed by atoms with Gasteiger partial charge in [0.05, 0.1) is 11.1 Å². The number of nitrogens with zero attached hydrogens (tertiary/aromatic N) is 1. The summed E-state index contributed by atoms with van der Waals surface area (Å²) in [6.07, 6.45) is 1.82. The minimum atomic E-state index is -0.863. The lowest BCUT2D eigenvalue weighted by molar-refractivity contribution is 0.0697. The minimum absolute atomic E-state index is 0.275. The third kappa shape index (κ3) is 2.75. The molecule has 1 aromatic carbocycles. The summed E-state index contributed by atoms with van der Waals surface area (Å²) in [4.78, 5) is 11.5. The fraction of sp³-hybridized carbons (Fsp3) is 0.500. The van der Waals surface area contributed by atoms with Crippen molar-refractivity contribution in [2.45, 2.75) is 53.0 Å². The smallest absolute Gasteiger partial charge is 0.335 e. The molecule has 0 aliphatic rings. The van der Waals surface area contributed by atoms with Gasteiger partial charge in [0.15, 0.2) is 0 Å². The molecule has 2 aromatic rings. The number of aryl methyl sites for hydroxylation is 2. The summed E-state index contributed by atoms with van der Waals surface area (Å²) in [5, 5.41) is 10.5. The summed E-state index contributed by atoms with van der Waals surface area (Å²) < 4.78 is 2.32. The summed E-state index contributed by atoms with van der Waals surface area (Å²) in [7, 11) is 0. The van der Waals surface area contributed by atoms with E-state index >= 15 is 0 Å². The van der Waals surface area contributed by atoms with Crippen LogP contribution in [0.4, 0.5) is 0 Å². The predicted octanol–water partition coefficient (Wildman–Crippen LogP) is 3.68. The normalized spacial score (nSPS) is 11.5. The van der Waals surface area contributed by atoms with Crippen LogP contribution in [0.25, 0.3) is 10.9 Å². The second-order valence-corrected chi connectivity index (χ2v) is 6.13. The molecule has 4 heteroatoms. The van der Waals surface area contributed by atoms with E-state index in [0.29, 0.717) is 12.1 Å². The largest absolute Gasteiger partial charge is 0.478 e. The summed E-state index contributed by atoms with van der Waals surface area (Å²) >= 11 is 0. The summed E-state index contributed by atoms with van der Waals surface area (Å²) in [5.41, 5.74) is 10.8. The zero-order valence-electron chi connectivity index (χ0n) is 13.9. The Morgan fingerprint density at radius 2 is 2.05 bits per heavy atom. The number of rotatable bonds is 6. The molecule has 120 valence electrons. The second-order valence-electron chi connectivity index (χ2n) is 6.13. The lowest BCUT2D eigenvalue weighted by Gasteiger charge is -2.14. The maximum atomic E-state index is 11.5. The van der Waals surface area contributed by atoms with Crippen LogP contribution in [0.1, 0.15) is 60.3 Å². The first kappa shape index (κ1) is 16.6. The van der Waals surface area contributed by atoms with Crippen molar-refractivity contribution in [2.75, 3.05) is 6.54 Å². The Morgan fingerprint density at radius 3 is 2.55 bits per heavy atom. The molecular weight excluding hydrogens is 276 g/mol. The molecule has 2 rings (SSSR count). The highest BCUT2D eigenvalue weighted by molar-refractivity contribution is 5.97. The third-order valence-electron chi connectivity index (χ3n) is 4.38. The van der Waals surface area contributed by atoms with Crippen LogP contribution < -0.4 is 5.73 Å². The molecule has 4 nitrogen and oxygen atoms in total. The number of benzene rings is 1. The zero-order chi connectivity index (χ0) is 16.4. The van der Waals surface area contributed by atoms with Gasteiger partial charge in [-0.3, -0.25) is 0 Å². The van der Waals surface area contributed by atoms with Crippen molar-refractivity contribution in [3.8, 4) is 0 Å². The van der Waals surface area contributed by atoms with E-state index in [1.165, 1.54) is 16.8 Å². The van der Waals surface area contributed by atoms with Crippen molar-refractivity contribution in [3.63, 3.8) is 0 Å². The summed E-state index contributed by atoms with van der Waals surface area (Å²) in [5.74, 6) is -0.587. The Labute approximate surface area is 131 Å². The maximum Gasteiger partial charge on any atom is 0.335 e. The first-order valence-electron chi connectivity index (χ1n) is 8.01. The topological polar surface area (TPSA) is 68.2 Å². The molecule has 0 atom stereocenters. The van der Waals surface area contributed by atoms with Crippen LogP contribution in [0.2, 0.25) is 0 Å². The monoisotopic (exact) mass is 302 g/mol. The number of carbonyl (C=O) groups is 1. The number of hydrogen-bond acceptors (Lipinski definition) is 2. The van der Waals surface area contributed by atoms with Crippen molar-refractivity contribution in [2.24, 2.45) is 5.73 Å². The summed E-state index contributed by atoms with van der Waals surface area (Å²) in [6.45, 7) is 10.0. The highest BCUT2D eigenvalue weighted by Crippen LogP contribution is 2.34. The van der Waals surface area contributed by atoms with Gasteiger partial charge in [0.1, 0.15) is 0 Å². The Kier molecular flexibility index (Phi) is 4.91. The quantitative estimate of drug-likeness (QED) is 0.855. The van der Waals surface area contributed by atoms with E-state index in [1.54, 1.807) is 0 Å². The SMILES string of the molecule is CCc1c(C)n(CCCN)c2c(C(C)C)cc(C(=O)O)cc12. The number of carboxylic acid groups (broad SMARTS) is 1. The fourth-order valence-corrected chi connectivity index (χ4v) is 3.25. The summed E-state index contributed by atoms with van der Waals surface area (Å²) in [6, 6.07) is 3.65. The molecule has 0 aliphatic carbocycles. The molecular formula is C18H26N2O2. The molecule has 1 heterocycles. The Hall–Kier alpha value is -1.81. The number of fused-ring (bicyclic) bond motifs is 1. The average Bonchev–Trinajstić information content (AvgIpc) is 2.74. The van der Waals surface area contributed by atoms with E-state index in [-0.39, 0.29) is 5.92 Å². The van der Waals surface area contributed by atoms with E-state index in [9.17, 15) is 9.90 Å². The first-order chi connectivity index (χ1) is 10.4. The van der Waals surface area contributed by atoms with Gasteiger partial charge >= 0.3 is 5.97 Å². The molecule has 3 N–H and O–H groups in total. The third-order valence-corrected chi connectivity index (χ3v) is 4.38. The Bertz CT molecular complexity index is 699. The van der Waals surface area contributed by atoms with Gasteiger partial charge in [-0.25, -0.2) is 4.79 Å². The van der Waals surface area contributed by atoms with Crippen molar-refractivity contribution in [1.29, 1.82) is 0 Å². The molecule has 0 bridgehead atoms. The van der Waals surface area contributed by atoms with Gasteiger partial charge in [-0.05, 0) is 55.5 Å². The van der Waals surface area contributed by atoms with Crippen LogP contribution in [0.3, 0.4) is 0 Å². The molecule has 1 aromatic heterocycles. The van der Waals surface area contributed by atoms with Gasteiger partial charge in [0, 0.05) is 17.6 Å². The van der Waals surface area contributed by atoms with Crippen molar-refractivity contribution in [3.05, 3.63) is 34.5 Å². The highest BCUT2D eigenvalue weighted by atomic mass is 16.4. The molecule has 0 radical (unpaired) electrons. The first-order valence-corrected chi connectivity index (χ1v) is 8.01. The Morgan fingerprint density at radius 1 is 1.36 bits per heavy atom. The number of aromatic carboxylic acids is 1. The van der Waals surface area contributed by atoms with E-state index < -0.39 is 5.97 Å². The minimum Gasteiger partial charge on any atom is -0.478 e. The van der Waals surface area contributed by atoms with Crippen LogP contribution >= 0.6 is 0 Å². The predicted molar refractivity (Wildman–Crippen MR) is 90.8 cm³/mol. The molecule has 0 fully saturated rings. The van der Waals surface area contributed by atoms with Crippen molar-refractivity contribution < 1.29 is 9.90 Å². The number of aromatic nitrogens is 1. The second kappa shape index (κ2) is 6.53. The number of nitrogens with two attached hydrogens (primary N) is 1. The molecule has 0 saturated carbocycles. The van der Waals surface area contributed by atoms with Crippen molar-refractivity contribution >= 4 is 16.9 Å². The lowest BCUT2D eigenvalue weighted by Crippen LogP contribution is -2.09. The number of hydrogen-bond donors (Lipinski definition) is 2. The van der Waals surface area contributed by atoms with Gasteiger partial charge < -0.3 is 15.4 Å². The van der Waals surface area contributed by atoms with Gasteiger partial charge in [-0.1, -0.05) is 20.8 Å². The van der Waals surface area contributed by atoms with E-state index in [0.717, 1.165) is 30.3 Å². The van der Waals surface area contributed by atoms with E-state index in [1.807, 2.05) is 12.1 Å². The van der Waals surface area contributed by atoms with E-state index in [4.69, 9.17) is 5.73 Å². The maximum absolute atomic E-state index is 11.5. The highest BCUT2D eigenvalue weighted by Gasteiger charge is 2.20. The Balaban J connectivity index is 2.84. The standard InChI is InChI=1S/C18H26N2O2/c1-5-14-12(4)20(8-6-7-19)17-15(11(2)3)9-13(18(21)22)10-16(14)17/h9-11H,5-8,19H2,1-4H3,(H,21,22). The van der Waals surface area contributed by atoms with Crippen LogP contribution in [-0.2, 0) is 13.0 Å². The molecule has 22 heavy (non-hydrogen) atoms. The van der Waals surface area contributed by atoms with Gasteiger partial charge in [0.25, 0.3) is 0 Å².